The molecule has 0 atom stereocenters. The van der Waals surface area contributed by atoms with Crippen molar-refractivity contribution in [2.24, 2.45) is 0 Å². The third-order valence-corrected chi connectivity index (χ3v) is 1.33. The maximum atomic E-state index is 11.0. The van der Waals surface area contributed by atoms with Gasteiger partial charge in [0, 0.05) is 6.04 Å². The summed E-state index contributed by atoms with van der Waals surface area (Å²) in [5, 5.41) is 5.55. The quantitative estimate of drug-likeness (QED) is 0.556. The number of nitrogens with one attached hydrogen (secondary N) is 1. The summed E-state index contributed by atoms with van der Waals surface area (Å²) in [5.41, 5.74) is -1.24. The van der Waals surface area contributed by atoms with Gasteiger partial charge in [0.25, 0.3) is 0 Å². The molecular weight excluding hydrogens is 146 g/mol. The highest BCUT2D eigenvalue weighted by Gasteiger charge is 2.02. The zero-order chi connectivity index (χ0) is 8.43. The van der Waals surface area contributed by atoms with E-state index in [0.717, 1.165) is 0 Å². The van der Waals surface area contributed by atoms with Crippen LogP contribution >= 0.6 is 0 Å². The second kappa shape index (κ2) is 2.69. The van der Waals surface area contributed by atoms with Crippen molar-refractivity contribution in [2.45, 2.75) is 19.9 Å². The smallest absolute Gasteiger partial charge is 0.291 e. The summed E-state index contributed by atoms with van der Waals surface area (Å²) in [6.07, 6.45) is 1.31. The van der Waals surface area contributed by atoms with Crippen LogP contribution in [-0.2, 0) is 0 Å². The van der Waals surface area contributed by atoms with Gasteiger partial charge in [-0.1, -0.05) is 0 Å². The van der Waals surface area contributed by atoms with Crippen LogP contribution in [0.2, 0.25) is 0 Å². The van der Waals surface area contributed by atoms with E-state index >= 15 is 0 Å². The second-order valence-corrected chi connectivity index (χ2v) is 2.49. The van der Waals surface area contributed by atoms with Crippen LogP contribution in [-0.4, -0.2) is 14.8 Å². The molecule has 11 heavy (non-hydrogen) atoms. The molecule has 0 saturated heterocycles. The lowest BCUT2D eigenvalue weighted by molar-refractivity contribution is 0.550. The molecule has 0 radical (unpaired) electrons. The zero-order valence-corrected chi connectivity index (χ0v) is 6.37. The first-order chi connectivity index (χ1) is 5.13. The van der Waals surface area contributed by atoms with Crippen molar-refractivity contribution >= 4 is 0 Å². The molecule has 0 amide bonds. The van der Waals surface area contributed by atoms with Crippen LogP contribution in [0.1, 0.15) is 19.9 Å². The van der Waals surface area contributed by atoms with Gasteiger partial charge in [-0.3, -0.25) is 14.2 Å². The van der Waals surface area contributed by atoms with Gasteiger partial charge in [0.2, 0.25) is 0 Å². The Morgan fingerprint density at radius 3 is 2.64 bits per heavy atom. The number of hydrogen-bond donors (Lipinski definition) is 1. The zero-order valence-electron chi connectivity index (χ0n) is 6.37. The molecule has 1 heterocycles. The summed E-state index contributed by atoms with van der Waals surface area (Å²) in [7, 11) is 0. The van der Waals surface area contributed by atoms with Gasteiger partial charge in [-0.15, -0.1) is 0 Å². The molecule has 1 rings (SSSR count). The Morgan fingerprint density at radius 2 is 2.18 bits per heavy atom. The fraction of sp³-hybridized carbons (Fsp3) is 0.500. The lowest BCUT2D eigenvalue weighted by atomic mass is 10.4. The molecule has 1 aromatic heterocycles. The number of rotatable bonds is 1. The molecule has 5 heteroatoms. The van der Waals surface area contributed by atoms with Gasteiger partial charge in [-0.2, -0.15) is 5.10 Å². The van der Waals surface area contributed by atoms with E-state index < -0.39 is 11.1 Å². The Balaban J connectivity index is 3.41. The van der Waals surface area contributed by atoms with Crippen LogP contribution < -0.4 is 11.1 Å². The average Bonchev–Trinajstić information content (AvgIpc) is 1.94. The monoisotopic (exact) mass is 155 g/mol. The van der Waals surface area contributed by atoms with E-state index in [4.69, 9.17) is 0 Å². The van der Waals surface area contributed by atoms with Crippen LogP contribution in [0.3, 0.4) is 0 Å². The molecule has 0 bridgehead atoms. The van der Waals surface area contributed by atoms with Gasteiger partial charge in [0.05, 0.1) is 0 Å². The summed E-state index contributed by atoms with van der Waals surface area (Å²) in [6.45, 7) is 3.62. The Morgan fingerprint density at radius 1 is 1.55 bits per heavy atom. The van der Waals surface area contributed by atoms with Crippen LogP contribution in [0.4, 0.5) is 0 Å². The molecule has 0 fully saturated rings. The van der Waals surface area contributed by atoms with Crippen LogP contribution in [0.15, 0.2) is 15.9 Å². The predicted octanol–water partition coefficient (Wildman–Crippen LogP) is -0.487. The fourth-order valence-corrected chi connectivity index (χ4v) is 0.735. The molecule has 0 saturated carbocycles. The summed E-state index contributed by atoms with van der Waals surface area (Å²) < 4.78 is 1.28. The molecule has 1 N–H and O–H groups in total. The van der Waals surface area contributed by atoms with Gasteiger partial charge < -0.3 is 0 Å². The van der Waals surface area contributed by atoms with Crippen molar-refractivity contribution in [2.75, 3.05) is 0 Å². The van der Waals surface area contributed by atoms with Crippen LogP contribution in [0.25, 0.3) is 0 Å². The molecule has 0 unspecified atom stereocenters. The summed E-state index contributed by atoms with van der Waals surface area (Å²) in [4.78, 5) is 21.7. The van der Waals surface area contributed by atoms with Gasteiger partial charge in [0.15, 0.2) is 0 Å². The largest absolute Gasteiger partial charge is 0.330 e. The van der Waals surface area contributed by atoms with Crippen LogP contribution in [0.5, 0.6) is 0 Å². The van der Waals surface area contributed by atoms with E-state index in [9.17, 15) is 9.59 Å². The second-order valence-electron chi connectivity index (χ2n) is 2.49. The van der Waals surface area contributed by atoms with Gasteiger partial charge >= 0.3 is 11.1 Å². The standard InChI is InChI=1S/C6H9N3O2/c1-4(2)9-3-7-8-5(10)6(9)11/h3-4H,1-2H3,(H,8,10). The first kappa shape index (κ1) is 7.71. The molecular formula is C6H9N3O2. The molecule has 0 aromatic carbocycles. The minimum atomic E-state index is -0.679. The lowest BCUT2D eigenvalue weighted by Gasteiger charge is -2.05. The lowest BCUT2D eigenvalue weighted by Crippen LogP contribution is -2.37. The highest BCUT2D eigenvalue weighted by atomic mass is 16.2. The van der Waals surface area contributed by atoms with Crippen molar-refractivity contribution in [3.8, 4) is 0 Å². The molecule has 0 aliphatic carbocycles. The van der Waals surface area contributed by atoms with Crippen LogP contribution in [0, 0.1) is 0 Å². The van der Waals surface area contributed by atoms with E-state index in [-0.39, 0.29) is 6.04 Å². The van der Waals surface area contributed by atoms with Crippen molar-refractivity contribution in [3.63, 3.8) is 0 Å². The number of H-pyrrole nitrogens is 1. The molecule has 60 valence electrons. The molecule has 1 aromatic rings. The SMILES string of the molecule is CC(C)n1cn[nH]c(=O)c1=O. The van der Waals surface area contributed by atoms with Crippen molar-refractivity contribution in [1.82, 2.24) is 14.8 Å². The Kier molecular flexibility index (Phi) is 1.89. The van der Waals surface area contributed by atoms with E-state index in [1.165, 1.54) is 10.9 Å². The third-order valence-electron chi connectivity index (χ3n) is 1.33. The molecule has 0 spiro atoms. The fourth-order valence-electron chi connectivity index (χ4n) is 0.735. The summed E-state index contributed by atoms with van der Waals surface area (Å²) in [6, 6.07) is -0.0303. The van der Waals surface area contributed by atoms with E-state index in [1.807, 2.05) is 13.8 Å². The minimum Gasteiger partial charge on any atom is -0.291 e. The Bertz CT molecular complexity index is 349. The normalized spacial score (nSPS) is 10.5. The highest BCUT2D eigenvalue weighted by molar-refractivity contribution is 4.76. The number of aromatic amines is 1. The van der Waals surface area contributed by atoms with E-state index in [2.05, 4.69) is 10.2 Å². The van der Waals surface area contributed by atoms with E-state index in [1.54, 1.807) is 0 Å². The van der Waals surface area contributed by atoms with E-state index in [0.29, 0.717) is 0 Å². The molecule has 5 nitrogen and oxygen atoms in total. The Labute approximate surface area is 62.7 Å². The maximum absolute atomic E-state index is 11.0. The predicted molar refractivity (Wildman–Crippen MR) is 39.5 cm³/mol. The first-order valence-electron chi connectivity index (χ1n) is 3.28. The molecule has 0 aliphatic rings. The Hall–Kier alpha value is -1.39. The minimum absolute atomic E-state index is 0.0303. The molecule has 0 aliphatic heterocycles. The van der Waals surface area contributed by atoms with Gasteiger partial charge in [-0.25, -0.2) is 5.10 Å². The third kappa shape index (κ3) is 1.36. The maximum Gasteiger partial charge on any atom is 0.330 e. The number of hydrogen-bond acceptors (Lipinski definition) is 3. The van der Waals surface area contributed by atoms with Gasteiger partial charge in [0.1, 0.15) is 6.33 Å². The summed E-state index contributed by atoms with van der Waals surface area (Å²) in [5.74, 6) is 0. The van der Waals surface area contributed by atoms with Crippen molar-refractivity contribution in [1.29, 1.82) is 0 Å². The number of nitrogens with zero attached hydrogens (tertiary/aromatic N) is 2. The first-order valence-corrected chi connectivity index (χ1v) is 3.28. The van der Waals surface area contributed by atoms with Crippen molar-refractivity contribution < 1.29 is 0 Å². The highest BCUT2D eigenvalue weighted by Crippen LogP contribution is 1.93. The topological polar surface area (TPSA) is 67.8 Å². The summed E-state index contributed by atoms with van der Waals surface area (Å²) >= 11 is 0. The average molecular weight is 155 g/mol. The van der Waals surface area contributed by atoms with Crippen molar-refractivity contribution in [3.05, 3.63) is 27.0 Å². The van der Waals surface area contributed by atoms with Gasteiger partial charge in [-0.05, 0) is 13.8 Å². The number of aromatic nitrogens is 3.